The summed E-state index contributed by atoms with van der Waals surface area (Å²) in [5, 5.41) is 3.15. The minimum Gasteiger partial charge on any atom is -0.454 e. The molecule has 2 aromatic rings. The number of nitrogens with one attached hydrogen (secondary N) is 1. The van der Waals surface area contributed by atoms with Gasteiger partial charge in [0.2, 0.25) is 28.6 Å². The number of fused-ring (bicyclic) bond motifs is 1. The van der Waals surface area contributed by atoms with Crippen molar-refractivity contribution >= 4 is 27.5 Å². The number of hydrogen-bond donors (Lipinski definition) is 1. The van der Waals surface area contributed by atoms with E-state index < -0.39 is 16.1 Å². The maximum Gasteiger partial charge on any atom is 0.242 e. The van der Waals surface area contributed by atoms with Crippen LogP contribution < -0.4 is 19.1 Å². The minimum absolute atomic E-state index is 0.0927. The predicted octanol–water partition coefficient (Wildman–Crippen LogP) is 4.14. The third-order valence-corrected chi connectivity index (χ3v) is 8.71. The third kappa shape index (κ3) is 7.44. The molecule has 0 saturated heterocycles. The van der Waals surface area contributed by atoms with Gasteiger partial charge in [-0.05, 0) is 56.4 Å². The number of nitrogens with zero attached hydrogens (tertiary/aromatic N) is 2. The zero-order valence-corrected chi connectivity index (χ0v) is 23.8. The van der Waals surface area contributed by atoms with Crippen LogP contribution in [0.3, 0.4) is 0 Å². The Morgan fingerprint density at radius 2 is 1.77 bits per heavy atom. The number of sulfonamides is 1. The average Bonchev–Trinajstić information content (AvgIpc) is 3.38. The average molecular weight is 558 g/mol. The molecule has 1 N–H and O–H groups in total. The molecule has 1 aliphatic carbocycles. The Morgan fingerprint density at radius 3 is 2.49 bits per heavy atom. The number of carbonyl (C=O) groups is 2. The van der Waals surface area contributed by atoms with E-state index in [9.17, 15) is 18.0 Å². The smallest absolute Gasteiger partial charge is 0.242 e. The summed E-state index contributed by atoms with van der Waals surface area (Å²) in [5.41, 5.74) is 2.47. The first-order valence-electron chi connectivity index (χ1n) is 13.6. The molecule has 9 nitrogen and oxygen atoms in total. The summed E-state index contributed by atoms with van der Waals surface area (Å²) >= 11 is 0. The lowest BCUT2D eigenvalue weighted by Crippen LogP contribution is -2.50. The summed E-state index contributed by atoms with van der Waals surface area (Å²) in [6, 6.07) is 12.3. The number of hydrogen-bond acceptors (Lipinski definition) is 6. The predicted molar refractivity (Wildman–Crippen MR) is 150 cm³/mol. The molecule has 0 aromatic heterocycles. The third-order valence-electron chi connectivity index (χ3n) is 7.52. The van der Waals surface area contributed by atoms with Gasteiger partial charge in [-0.15, -0.1) is 0 Å². The van der Waals surface area contributed by atoms with Crippen LogP contribution in [-0.2, 0) is 26.2 Å². The lowest BCUT2D eigenvalue weighted by Gasteiger charge is -2.32. The minimum atomic E-state index is -3.61. The van der Waals surface area contributed by atoms with Crippen molar-refractivity contribution in [2.45, 2.75) is 77.4 Å². The number of aryl methyl sites for hydroxylation is 1. The molecule has 0 unspecified atom stereocenters. The normalized spacial score (nSPS) is 16.0. The van der Waals surface area contributed by atoms with E-state index >= 15 is 0 Å². The summed E-state index contributed by atoms with van der Waals surface area (Å²) in [6.45, 7) is 4.27. The van der Waals surface area contributed by atoms with Crippen molar-refractivity contribution in [2.75, 3.05) is 23.9 Å². The Kier molecular flexibility index (Phi) is 9.37. The number of ether oxygens (including phenoxy) is 2. The number of anilines is 1. The van der Waals surface area contributed by atoms with Gasteiger partial charge in [-0.3, -0.25) is 13.9 Å². The zero-order valence-electron chi connectivity index (χ0n) is 23.0. The molecule has 2 amide bonds. The molecule has 1 atom stereocenters. The Labute approximate surface area is 231 Å². The molecule has 1 aliphatic heterocycles. The summed E-state index contributed by atoms with van der Waals surface area (Å²) in [5.74, 6) is 0.708. The second-order valence-corrected chi connectivity index (χ2v) is 12.4. The van der Waals surface area contributed by atoms with E-state index in [1.165, 1.54) is 10.7 Å². The molecule has 1 saturated carbocycles. The summed E-state index contributed by atoms with van der Waals surface area (Å²) in [6.07, 6.45) is 6.86. The quantitative estimate of drug-likeness (QED) is 0.445. The number of rotatable bonds is 11. The highest BCUT2D eigenvalue weighted by Crippen LogP contribution is 2.36. The van der Waals surface area contributed by atoms with Crippen molar-refractivity contribution in [3.8, 4) is 11.5 Å². The van der Waals surface area contributed by atoms with Crippen molar-refractivity contribution < 1.29 is 27.5 Å². The molecular formula is C29H39N3O6S. The highest BCUT2D eigenvalue weighted by molar-refractivity contribution is 7.92. The molecule has 2 aromatic carbocycles. The number of carbonyl (C=O) groups excluding carboxylic acids is 2. The maximum atomic E-state index is 13.6. The fourth-order valence-electron chi connectivity index (χ4n) is 5.17. The van der Waals surface area contributed by atoms with Crippen LogP contribution in [0, 0.1) is 6.92 Å². The van der Waals surface area contributed by atoms with Gasteiger partial charge in [-0.2, -0.15) is 0 Å². The summed E-state index contributed by atoms with van der Waals surface area (Å²) < 4.78 is 37.2. The van der Waals surface area contributed by atoms with Gasteiger partial charge in [-0.25, -0.2) is 8.42 Å². The van der Waals surface area contributed by atoms with Crippen LogP contribution in [0.5, 0.6) is 11.5 Å². The molecule has 4 rings (SSSR count). The van der Waals surface area contributed by atoms with E-state index in [0.717, 1.165) is 43.1 Å². The van der Waals surface area contributed by atoms with E-state index in [-0.39, 0.29) is 37.6 Å². The summed E-state index contributed by atoms with van der Waals surface area (Å²) in [7, 11) is -3.61. The first-order valence-corrected chi connectivity index (χ1v) is 15.5. The van der Waals surface area contributed by atoms with Crippen LogP contribution in [0.4, 0.5) is 5.69 Å². The molecule has 10 heteroatoms. The molecule has 0 radical (unpaired) electrons. The Bertz CT molecular complexity index is 1280. The van der Waals surface area contributed by atoms with Crippen LogP contribution in [0.1, 0.15) is 63.0 Å². The fourth-order valence-corrected chi connectivity index (χ4v) is 6.12. The first-order chi connectivity index (χ1) is 18.6. The fraction of sp³-hybridized carbons (Fsp3) is 0.517. The van der Waals surface area contributed by atoms with Gasteiger partial charge in [0.25, 0.3) is 0 Å². The van der Waals surface area contributed by atoms with Crippen molar-refractivity contribution in [1.29, 1.82) is 0 Å². The number of benzene rings is 2. The van der Waals surface area contributed by atoms with Crippen molar-refractivity contribution in [3.05, 3.63) is 53.6 Å². The SMILES string of the molecule is Cc1ccccc1CN(C(=O)CCCN(c1ccc2c(c1)OCO2)S(C)(=O)=O)[C@H](C)C(=O)NC1CCCCC1. The molecule has 0 spiro atoms. The second kappa shape index (κ2) is 12.7. The molecule has 2 aliphatic rings. The molecule has 1 heterocycles. The maximum absolute atomic E-state index is 13.6. The molecular weight excluding hydrogens is 518 g/mol. The number of amides is 2. The Balaban J connectivity index is 1.45. The standard InChI is InChI=1S/C29H39N3O6S/c1-21-10-7-8-11-23(21)19-31(22(2)29(34)30-24-12-5-4-6-13-24)28(33)14-9-17-32(39(3,35)36)25-15-16-26-27(18-25)38-20-37-26/h7-8,10-11,15-16,18,22,24H,4-6,9,12-14,17,19-20H2,1-3H3,(H,30,34)/t22-/m1/s1. The summed E-state index contributed by atoms with van der Waals surface area (Å²) in [4.78, 5) is 28.4. The van der Waals surface area contributed by atoms with E-state index in [0.29, 0.717) is 30.2 Å². The topological polar surface area (TPSA) is 105 Å². The van der Waals surface area contributed by atoms with Gasteiger partial charge in [0.1, 0.15) is 6.04 Å². The largest absolute Gasteiger partial charge is 0.454 e. The zero-order chi connectivity index (χ0) is 28.0. The van der Waals surface area contributed by atoms with Gasteiger partial charge in [0.05, 0.1) is 11.9 Å². The van der Waals surface area contributed by atoms with Gasteiger partial charge in [-0.1, -0.05) is 43.5 Å². The highest BCUT2D eigenvalue weighted by Gasteiger charge is 2.29. The Hall–Kier alpha value is -3.27. The van der Waals surface area contributed by atoms with Crippen LogP contribution in [-0.4, -0.2) is 56.8 Å². The second-order valence-electron chi connectivity index (χ2n) is 10.4. The molecule has 212 valence electrons. The molecule has 0 bridgehead atoms. The molecule has 39 heavy (non-hydrogen) atoms. The first kappa shape index (κ1) is 28.7. The van der Waals surface area contributed by atoms with Crippen LogP contribution in [0.25, 0.3) is 0 Å². The lowest BCUT2D eigenvalue weighted by atomic mass is 9.95. The Morgan fingerprint density at radius 1 is 1.05 bits per heavy atom. The van der Waals surface area contributed by atoms with Crippen molar-refractivity contribution in [3.63, 3.8) is 0 Å². The van der Waals surface area contributed by atoms with Crippen LogP contribution in [0.2, 0.25) is 0 Å². The highest BCUT2D eigenvalue weighted by atomic mass is 32.2. The van der Waals surface area contributed by atoms with E-state index in [4.69, 9.17) is 9.47 Å². The van der Waals surface area contributed by atoms with Gasteiger partial charge in [0.15, 0.2) is 11.5 Å². The molecule has 1 fully saturated rings. The van der Waals surface area contributed by atoms with Gasteiger partial charge >= 0.3 is 0 Å². The van der Waals surface area contributed by atoms with Crippen LogP contribution >= 0.6 is 0 Å². The van der Waals surface area contributed by atoms with E-state index in [1.54, 1.807) is 30.0 Å². The lowest BCUT2D eigenvalue weighted by molar-refractivity contribution is -0.141. The van der Waals surface area contributed by atoms with E-state index in [1.807, 2.05) is 31.2 Å². The van der Waals surface area contributed by atoms with Crippen LogP contribution in [0.15, 0.2) is 42.5 Å². The van der Waals surface area contributed by atoms with Gasteiger partial charge in [0, 0.05) is 31.6 Å². The van der Waals surface area contributed by atoms with Gasteiger partial charge < -0.3 is 19.7 Å². The van der Waals surface area contributed by atoms with E-state index in [2.05, 4.69) is 5.32 Å². The monoisotopic (exact) mass is 557 g/mol. The van der Waals surface area contributed by atoms with Crippen molar-refractivity contribution in [1.82, 2.24) is 10.2 Å². The van der Waals surface area contributed by atoms with Crippen molar-refractivity contribution in [2.24, 2.45) is 0 Å².